The quantitative estimate of drug-likeness (QED) is 0.561. The molecule has 3 nitrogen and oxygen atoms in total. The summed E-state index contributed by atoms with van der Waals surface area (Å²) in [5.41, 5.74) is 7.95. The van der Waals surface area contributed by atoms with Crippen LogP contribution in [0.5, 0.6) is 0 Å². The second kappa shape index (κ2) is 5.79. The number of nitrogens with zero attached hydrogens (tertiary/aromatic N) is 2. The van der Waals surface area contributed by atoms with Crippen molar-refractivity contribution >= 4 is 55.7 Å². The van der Waals surface area contributed by atoms with Crippen LogP contribution in [0.25, 0.3) is 22.0 Å². The summed E-state index contributed by atoms with van der Waals surface area (Å²) in [6.45, 7) is 0. The molecule has 100 valence electrons. The van der Waals surface area contributed by atoms with E-state index in [1.165, 1.54) is 0 Å². The molecule has 0 unspecified atom stereocenters. The summed E-state index contributed by atoms with van der Waals surface area (Å²) in [4.78, 5) is 10.1. The summed E-state index contributed by atoms with van der Waals surface area (Å²) in [5.74, 6) is 1.18. The van der Waals surface area contributed by atoms with Crippen molar-refractivity contribution in [3.63, 3.8) is 0 Å². The molecule has 0 aliphatic rings. The number of rotatable bonds is 2. The zero-order chi connectivity index (χ0) is 14.1. The first-order valence-electron chi connectivity index (χ1n) is 5.78. The van der Waals surface area contributed by atoms with E-state index in [1.54, 1.807) is 11.3 Å². The number of nitrogen functional groups attached to an aromatic ring is 1. The van der Waals surface area contributed by atoms with Gasteiger partial charge >= 0.3 is 0 Å². The summed E-state index contributed by atoms with van der Waals surface area (Å²) in [7, 11) is 0. The van der Waals surface area contributed by atoms with Crippen LogP contribution < -0.4 is 5.73 Å². The minimum atomic E-state index is 0.513. The Balaban J connectivity index is 2.18. The predicted octanol–water partition coefficient (Wildman–Crippen LogP) is 4.82. The lowest BCUT2D eigenvalue weighted by Gasteiger charge is -2.08. The highest BCUT2D eigenvalue weighted by Crippen LogP contribution is 2.32. The van der Waals surface area contributed by atoms with E-state index >= 15 is 0 Å². The average Bonchev–Trinajstić information content (AvgIpc) is 2.89. The lowest BCUT2D eigenvalue weighted by Crippen LogP contribution is -2.01. The highest BCUT2D eigenvalue weighted by atomic mass is 127. The molecule has 0 atom stereocenters. The van der Waals surface area contributed by atoms with Crippen LogP contribution in [0.15, 0.2) is 46.3 Å². The zero-order valence-electron chi connectivity index (χ0n) is 10.2. The van der Waals surface area contributed by atoms with Crippen molar-refractivity contribution in [1.82, 2.24) is 9.97 Å². The van der Waals surface area contributed by atoms with Gasteiger partial charge in [-0.05, 0) is 44.6 Å². The number of halogens is 2. The Labute approximate surface area is 142 Å². The van der Waals surface area contributed by atoms with Crippen LogP contribution in [-0.4, -0.2) is 9.97 Å². The molecule has 0 aliphatic carbocycles. The zero-order valence-corrected chi connectivity index (χ0v) is 14.7. The van der Waals surface area contributed by atoms with Crippen molar-refractivity contribution in [3.8, 4) is 22.0 Å². The number of anilines is 1. The number of hydrogen-bond acceptors (Lipinski definition) is 4. The first-order chi connectivity index (χ1) is 9.65. The summed E-state index contributed by atoms with van der Waals surface area (Å²) < 4.78 is 1.91. The lowest BCUT2D eigenvalue weighted by atomic mass is 10.1. The topological polar surface area (TPSA) is 51.8 Å². The van der Waals surface area contributed by atoms with E-state index in [1.807, 2.05) is 41.8 Å². The van der Waals surface area contributed by atoms with Gasteiger partial charge in [-0.2, -0.15) is 0 Å². The van der Waals surface area contributed by atoms with Crippen molar-refractivity contribution in [2.24, 2.45) is 0 Å². The van der Waals surface area contributed by atoms with Gasteiger partial charge in [-0.1, -0.05) is 30.3 Å². The Morgan fingerprint density at radius 1 is 1.15 bits per heavy atom. The normalized spacial score (nSPS) is 10.7. The largest absolute Gasteiger partial charge is 0.383 e. The van der Waals surface area contributed by atoms with Crippen LogP contribution in [0.3, 0.4) is 0 Å². The molecule has 20 heavy (non-hydrogen) atoms. The standard InChI is InChI=1S/C14H9BrIN3S/c15-9-6-10(20-7-9)14-18-12(11(16)13(17)19-14)8-4-2-1-3-5-8/h1-7H,(H2,17,18,19). The number of aromatic nitrogens is 2. The fourth-order valence-electron chi connectivity index (χ4n) is 1.79. The van der Waals surface area contributed by atoms with Crippen LogP contribution >= 0.6 is 49.9 Å². The lowest BCUT2D eigenvalue weighted by molar-refractivity contribution is 1.18. The fourth-order valence-corrected chi connectivity index (χ4v) is 3.70. The summed E-state index contributed by atoms with van der Waals surface area (Å²) in [6.07, 6.45) is 0. The third-order valence-corrected chi connectivity index (χ3v) is 5.46. The van der Waals surface area contributed by atoms with E-state index in [-0.39, 0.29) is 0 Å². The summed E-state index contributed by atoms with van der Waals surface area (Å²) in [5, 5.41) is 2.01. The molecule has 0 spiro atoms. The molecule has 0 bridgehead atoms. The van der Waals surface area contributed by atoms with E-state index in [2.05, 4.69) is 48.5 Å². The van der Waals surface area contributed by atoms with Gasteiger partial charge in [-0.15, -0.1) is 11.3 Å². The van der Waals surface area contributed by atoms with Crippen molar-refractivity contribution in [3.05, 3.63) is 49.8 Å². The Hall–Kier alpha value is -0.990. The Morgan fingerprint density at radius 2 is 1.90 bits per heavy atom. The summed E-state index contributed by atoms with van der Waals surface area (Å²) in [6, 6.07) is 12.0. The SMILES string of the molecule is Nc1nc(-c2cc(Br)cs2)nc(-c2ccccc2)c1I. The Morgan fingerprint density at radius 3 is 2.55 bits per heavy atom. The second-order valence-corrected chi connectivity index (χ2v) is 7.00. The van der Waals surface area contributed by atoms with Gasteiger partial charge in [0.2, 0.25) is 0 Å². The molecular weight excluding hydrogens is 449 g/mol. The van der Waals surface area contributed by atoms with Crippen molar-refractivity contribution in [1.29, 1.82) is 0 Å². The molecule has 0 aliphatic heterocycles. The minimum Gasteiger partial charge on any atom is -0.383 e. The van der Waals surface area contributed by atoms with E-state index in [0.29, 0.717) is 11.6 Å². The minimum absolute atomic E-state index is 0.513. The predicted molar refractivity (Wildman–Crippen MR) is 95.6 cm³/mol. The van der Waals surface area contributed by atoms with Gasteiger partial charge in [0.25, 0.3) is 0 Å². The maximum absolute atomic E-state index is 6.04. The first-order valence-corrected chi connectivity index (χ1v) is 8.53. The third-order valence-electron chi connectivity index (χ3n) is 2.71. The molecule has 0 fully saturated rings. The number of nitrogens with two attached hydrogens (primary N) is 1. The van der Waals surface area contributed by atoms with Crippen molar-refractivity contribution in [2.45, 2.75) is 0 Å². The Kier molecular flexibility index (Phi) is 4.04. The van der Waals surface area contributed by atoms with Crippen LogP contribution in [0, 0.1) is 3.57 Å². The van der Waals surface area contributed by atoms with E-state index in [4.69, 9.17) is 5.73 Å². The molecule has 2 aromatic heterocycles. The van der Waals surface area contributed by atoms with Crippen LogP contribution in [0.1, 0.15) is 0 Å². The maximum Gasteiger partial charge on any atom is 0.172 e. The molecule has 3 rings (SSSR count). The van der Waals surface area contributed by atoms with E-state index in [9.17, 15) is 0 Å². The molecule has 2 heterocycles. The van der Waals surface area contributed by atoms with Gasteiger partial charge in [0.05, 0.1) is 14.1 Å². The molecule has 6 heteroatoms. The summed E-state index contributed by atoms with van der Waals surface area (Å²) >= 11 is 7.23. The first kappa shape index (κ1) is 14.0. The maximum atomic E-state index is 6.04. The van der Waals surface area contributed by atoms with Gasteiger partial charge in [-0.25, -0.2) is 9.97 Å². The van der Waals surface area contributed by atoms with Gasteiger partial charge in [0.15, 0.2) is 5.82 Å². The Bertz CT molecular complexity index is 758. The number of thiophene rings is 1. The monoisotopic (exact) mass is 457 g/mol. The van der Waals surface area contributed by atoms with Crippen molar-refractivity contribution in [2.75, 3.05) is 5.73 Å². The van der Waals surface area contributed by atoms with Crippen LogP contribution in [0.2, 0.25) is 0 Å². The number of benzene rings is 1. The molecule has 0 saturated carbocycles. The third kappa shape index (κ3) is 2.72. The van der Waals surface area contributed by atoms with Crippen LogP contribution in [0.4, 0.5) is 5.82 Å². The molecule has 1 aromatic carbocycles. The second-order valence-electron chi connectivity index (χ2n) is 4.09. The average molecular weight is 458 g/mol. The van der Waals surface area contributed by atoms with Gasteiger partial charge < -0.3 is 5.73 Å². The highest BCUT2D eigenvalue weighted by Gasteiger charge is 2.14. The van der Waals surface area contributed by atoms with Gasteiger partial charge in [0, 0.05) is 15.4 Å². The van der Waals surface area contributed by atoms with Crippen molar-refractivity contribution < 1.29 is 0 Å². The number of hydrogen-bond donors (Lipinski definition) is 1. The van der Waals surface area contributed by atoms with Crippen LogP contribution in [-0.2, 0) is 0 Å². The van der Waals surface area contributed by atoms with Gasteiger partial charge in [0.1, 0.15) is 5.82 Å². The molecule has 0 saturated heterocycles. The molecular formula is C14H9BrIN3S. The smallest absolute Gasteiger partial charge is 0.172 e. The van der Waals surface area contributed by atoms with E-state index in [0.717, 1.165) is 24.2 Å². The molecule has 0 radical (unpaired) electrons. The highest BCUT2D eigenvalue weighted by molar-refractivity contribution is 14.1. The fraction of sp³-hybridized carbons (Fsp3) is 0. The molecule has 2 N–H and O–H groups in total. The molecule has 0 amide bonds. The van der Waals surface area contributed by atoms with Gasteiger partial charge in [-0.3, -0.25) is 0 Å². The van der Waals surface area contributed by atoms with E-state index < -0.39 is 0 Å². The molecule has 3 aromatic rings.